The Balaban J connectivity index is 2.17. The van der Waals surface area contributed by atoms with E-state index in [1.165, 1.54) is 0 Å². The number of carbonyl (C=O) groups excluding carboxylic acids is 1. The topological polar surface area (TPSA) is 33.2 Å². The fraction of sp³-hybridized carbons (Fsp3) is 0.400. The summed E-state index contributed by atoms with van der Waals surface area (Å²) >= 11 is 0. The molecule has 0 unspecified atom stereocenters. The zero-order valence-corrected chi connectivity index (χ0v) is 7.66. The summed E-state index contributed by atoms with van der Waals surface area (Å²) in [6.45, 7) is 3.34. The van der Waals surface area contributed by atoms with Crippen LogP contribution in [0.3, 0.4) is 0 Å². The number of rotatable bonds is 1. The van der Waals surface area contributed by atoms with Gasteiger partial charge in [-0.15, -0.1) is 0 Å². The highest BCUT2D eigenvalue weighted by Gasteiger charge is 2.19. The normalized spacial score (nSPS) is 16.7. The van der Waals surface area contributed by atoms with E-state index in [9.17, 15) is 4.79 Å². The van der Waals surface area contributed by atoms with E-state index < -0.39 is 0 Å². The van der Waals surface area contributed by atoms with Gasteiger partial charge in [-0.2, -0.15) is 0 Å². The number of pyridine rings is 1. The minimum absolute atomic E-state index is 0.320. The highest BCUT2D eigenvalue weighted by atomic mass is 16.1. The number of aromatic nitrogens is 1. The minimum Gasteiger partial charge on any atom is -0.363 e. The molecule has 0 N–H and O–H groups in total. The average Bonchev–Trinajstić information content (AvgIpc) is 2.53. The van der Waals surface area contributed by atoms with Crippen LogP contribution in [0.4, 0.5) is 5.69 Å². The summed E-state index contributed by atoms with van der Waals surface area (Å²) in [5.74, 6) is 0.320. The molecule has 0 radical (unpaired) electrons. The number of hydrogen-bond acceptors (Lipinski definition) is 3. The van der Waals surface area contributed by atoms with E-state index in [4.69, 9.17) is 0 Å². The third-order valence-corrected chi connectivity index (χ3v) is 2.29. The molecule has 3 heteroatoms. The van der Waals surface area contributed by atoms with Crippen molar-refractivity contribution in [2.45, 2.75) is 13.3 Å². The molecule has 1 aromatic rings. The van der Waals surface area contributed by atoms with Crippen LogP contribution in [0, 0.1) is 6.92 Å². The SMILES string of the molecule is Cc1ccc(N2CCC(=O)C2)cn1. The van der Waals surface area contributed by atoms with Gasteiger partial charge < -0.3 is 4.90 Å². The summed E-state index contributed by atoms with van der Waals surface area (Å²) in [6, 6.07) is 3.99. The maximum absolute atomic E-state index is 11.0. The van der Waals surface area contributed by atoms with Gasteiger partial charge in [0.2, 0.25) is 0 Å². The molecule has 0 bridgehead atoms. The molecule has 68 valence electrons. The summed E-state index contributed by atoms with van der Waals surface area (Å²) in [6.07, 6.45) is 2.50. The van der Waals surface area contributed by atoms with E-state index >= 15 is 0 Å². The second-order valence-corrected chi connectivity index (χ2v) is 3.37. The molecule has 1 aromatic heterocycles. The average molecular weight is 176 g/mol. The van der Waals surface area contributed by atoms with Crippen LogP contribution >= 0.6 is 0 Å². The van der Waals surface area contributed by atoms with Crippen molar-refractivity contribution >= 4 is 11.5 Å². The number of nitrogens with zero attached hydrogens (tertiary/aromatic N) is 2. The Bertz CT molecular complexity index is 318. The summed E-state index contributed by atoms with van der Waals surface area (Å²) in [5.41, 5.74) is 2.06. The van der Waals surface area contributed by atoms with Crippen LogP contribution in [0.2, 0.25) is 0 Å². The van der Waals surface area contributed by atoms with Gasteiger partial charge in [-0.3, -0.25) is 9.78 Å². The van der Waals surface area contributed by atoms with Crippen LogP contribution in [0.5, 0.6) is 0 Å². The van der Waals surface area contributed by atoms with Gasteiger partial charge in [-0.1, -0.05) is 0 Å². The number of Topliss-reactive ketones (excluding diaryl/α,β-unsaturated/α-hetero) is 1. The lowest BCUT2D eigenvalue weighted by Crippen LogP contribution is -2.19. The van der Waals surface area contributed by atoms with Crippen LogP contribution < -0.4 is 4.90 Å². The smallest absolute Gasteiger partial charge is 0.153 e. The molecule has 13 heavy (non-hydrogen) atoms. The van der Waals surface area contributed by atoms with Crippen molar-refractivity contribution in [3.8, 4) is 0 Å². The Hall–Kier alpha value is -1.38. The molecule has 0 saturated carbocycles. The summed E-state index contributed by atoms with van der Waals surface area (Å²) in [7, 11) is 0. The van der Waals surface area contributed by atoms with Crippen molar-refractivity contribution in [2.75, 3.05) is 18.0 Å². The van der Waals surface area contributed by atoms with E-state index in [-0.39, 0.29) is 0 Å². The van der Waals surface area contributed by atoms with Gasteiger partial charge in [0.25, 0.3) is 0 Å². The molecule has 0 aliphatic carbocycles. The highest BCUT2D eigenvalue weighted by molar-refractivity contribution is 5.87. The van der Waals surface area contributed by atoms with Gasteiger partial charge in [-0.05, 0) is 19.1 Å². The molecule has 1 aliphatic rings. The van der Waals surface area contributed by atoms with E-state index in [1.54, 1.807) is 0 Å². The number of aryl methyl sites for hydroxylation is 1. The molecule has 2 heterocycles. The first-order valence-corrected chi connectivity index (χ1v) is 4.45. The largest absolute Gasteiger partial charge is 0.363 e. The van der Waals surface area contributed by atoms with Gasteiger partial charge >= 0.3 is 0 Å². The van der Waals surface area contributed by atoms with E-state index in [1.807, 2.05) is 25.3 Å². The number of carbonyl (C=O) groups is 1. The van der Waals surface area contributed by atoms with Gasteiger partial charge in [0.15, 0.2) is 5.78 Å². The van der Waals surface area contributed by atoms with Crippen molar-refractivity contribution in [1.82, 2.24) is 4.98 Å². The molecule has 0 spiro atoms. The van der Waals surface area contributed by atoms with Crippen LogP contribution in [0.25, 0.3) is 0 Å². The van der Waals surface area contributed by atoms with Crippen LogP contribution in [-0.2, 0) is 4.79 Å². The number of anilines is 1. The van der Waals surface area contributed by atoms with Crippen LogP contribution in [0.1, 0.15) is 12.1 Å². The third kappa shape index (κ3) is 1.69. The monoisotopic (exact) mass is 176 g/mol. The maximum atomic E-state index is 11.0. The Labute approximate surface area is 77.4 Å². The van der Waals surface area contributed by atoms with Gasteiger partial charge in [-0.25, -0.2) is 0 Å². The Morgan fingerprint density at radius 1 is 1.46 bits per heavy atom. The van der Waals surface area contributed by atoms with E-state index in [0.29, 0.717) is 18.7 Å². The third-order valence-electron chi connectivity index (χ3n) is 2.29. The highest BCUT2D eigenvalue weighted by Crippen LogP contribution is 2.17. The zero-order valence-electron chi connectivity index (χ0n) is 7.66. The second kappa shape index (κ2) is 3.17. The van der Waals surface area contributed by atoms with E-state index in [0.717, 1.165) is 17.9 Å². The number of ketones is 1. The van der Waals surface area contributed by atoms with E-state index in [2.05, 4.69) is 9.88 Å². The standard InChI is InChI=1S/C10H12N2O/c1-8-2-3-9(6-11-8)12-5-4-10(13)7-12/h2-3,6H,4-5,7H2,1H3. The lowest BCUT2D eigenvalue weighted by molar-refractivity contribution is -0.116. The minimum atomic E-state index is 0.320. The Kier molecular flexibility index (Phi) is 2.00. The van der Waals surface area contributed by atoms with Crippen molar-refractivity contribution in [3.05, 3.63) is 24.0 Å². The first-order valence-electron chi connectivity index (χ1n) is 4.45. The predicted molar refractivity (Wildman–Crippen MR) is 50.8 cm³/mol. The first kappa shape index (κ1) is 8.23. The summed E-state index contributed by atoms with van der Waals surface area (Å²) in [4.78, 5) is 17.3. The van der Waals surface area contributed by atoms with Gasteiger partial charge in [0, 0.05) is 18.7 Å². The molecular formula is C10H12N2O. The molecule has 0 atom stereocenters. The van der Waals surface area contributed by atoms with Crippen molar-refractivity contribution < 1.29 is 4.79 Å². The van der Waals surface area contributed by atoms with Crippen molar-refractivity contribution in [3.63, 3.8) is 0 Å². The Morgan fingerprint density at radius 2 is 2.31 bits per heavy atom. The predicted octanol–water partition coefficient (Wildman–Crippen LogP) is 1.17. The fourth-order valence-corrected chi connectivity index (χ4v) is 1.50. The number of hydrogen-bond donors (Lipinski definition) is 0. The summed E-state index contributed by atoms with van der Waals surface area (Å²) in [5, 5.41) is 0. The van der Waals surface area contributed by atoms with Crippen molar-refractivity contribution in [1.29, 1.82) is 0 Å². The lowest BCUT2D eigenvalue weighted by atomic mass is 10.3. The molecule has 1 aliphatic heterocycles. The Morgan fingerprint density at radius 3 is 2.85 bits per heavy atom. The maximum Gasteiger partial charge on any atom is 0.153 e. The summed E-state index contributed by atoms with van der Waals surface area (Å²) < 4.78 is 0. The van der Waals surface area contributed by atoms with Gasteiger partial charge in [0.05, 0.1) is 18.4 Å². The quantitative estimate of drug-likeness (QED) is 0.644. The molecule has 2 rings (SSSR count). The molecule has 3 nitrogen and oxygen atoms in total. The molecular weight excluding hydrogens is 164 g/mol. The zero-order chi connectivity index (χ0) is 9.26. The van der Waals surface area contributed by atoms with Crippen molar-refractivity contribution in [2.24, 2.45) is 0 Å². The molecule has 1 fully saturated rings. The van der Waals surface area contributed by atoms with Crippen LogP contribution in [-0.4, -0.2) is 23.9 Å². The van der Waals surface area contributed by atoms with Crippen LogP contribution in [0.15, 0.2) is 18.3 Å². The fourth-order valence-electron chi connectivity index (χ4n) is 1.50. The lowest BCUT2D eigenvalue weighted by Gasteiger charge is -2.15. The molecule has 0 aromatic carbocycles. The van der Waals surface area contributed by atoms with Gasteiger partial charge in [0.1, 0.15) is 0 Å². The first-order chi connectivity index (χ1) is 6.25. The molecule has 0 amide bonds. The second-order valence-electron chi connectivity index (χ2n) is 3.37. The molecule has 1 saturated heterocycles.